The van der Waals surface area contributed by atoms with E-state index >= 15 is 0 Å². The standard InChI is InChI=1S/C18H17NO2S/c1-13-7-9-14(10-8-13)16-11-15(21-19-16)12-22-18-6-4-3-5-17(18)20-2/h3-11H,12H2,1-2H3. The summed E-state index contributed by atoms with van der Waals surface area (Å²) in [6.45, 7) is 2.07. The molecule has 4 heteroatoms. The van der Waals surface area contributed by atoms with E-state index in [4.69, 9.17) is 9.26 Å². The predicted molar refractivity (Wildman–Crippen MR) is 89.2 cm³/mol. The molecule has 3 rings (SSSR count). The van der Waals surface area contributed by atoms with Gasteiger partial charge in [-0.25, -0.2) is 0 Å². The van der Waals surface area contributed by atoms with Gasteiger partial charge in [-0.05, 0) is 19.1 Å². The maximum absolute atomic E-state index is 5.43. The Kier molecular flexibility index (Phi) is 4.49. The summed E-state index contributed by atoms with van der Waals surface area (Å²) in [7, 11) is 1.68. The first-order valence-corrected chi connectivity index (χ1v) is 8.03. The van der Waals surface area contributed by atoms with E-state index in [2.05, 4.69) is 36.3 Å². The molecule has 1 aromatic heterocycles. The van der Waals surface area contributed by atoms with Gasteiger partial charge in [-0.15, -0.1) is 11.8 Å². The minimum Gasteiger partial charge on any atom is -0.496 e. The van der Waals surface area contributed by atoms with Crippen molar-refractivity contribution in [2.75, 3.05) is 7.11 Å². The monoisotopic (exact) mass is 311 g/mol. The molecule has 0 spiro atoms. The molecule has 0 bridgehead atoms. The fourth-order valence-corrected chi connectivity index (χ4v) is 3.03. The van der Waals surface area contributed by atoms with E-state index in [0.717, 1.165) is 33.4 Å². The van der Waals surface area contributed by atoms with Gasteiger partial charge >= 0.3 is 0 Å². The van der Waals surface area contributed by atoms with Crippen LogP contribution in [0.3, 0.4) is 0 Å². The molecule has 2 aromatic carbocycles. The molecule has 0 amide bonds. The number of aryl methyl sites for hydroxylation is 1. The first kappa shape index (κ1) is 14.7. The number of nitrogens with zero attached hydrogens (tertiary/aromatic N) is 1. The fourth-order valence-electron chi connectivity index (χ4n) is 2.13. The van der Waals surface area contributed by atoms with Crippen molar-refractivity contribution in [1.29, 1.82) is 0 Å². The van der Waals surface area contributed by atoms with Crippen molar-refractivity contribution >= 4 is 11.8 Å². The Balaban J connectivity index is 1.71. The van der Waals surface area contributed by atoms with Gasteiger partial charge in [-0.2, -0.15) is 0 Å². The van der Waals surface area contributed by atoms with E-state index in [-0.39, 0.29) is 0 Å². The summed E-state index contributed by atoms with van der Waals surface area (Å²) in [5.41, 5.74) is 3.18. The molecule has 112 valence electrons. The third kappa shape index (κ3) is 3.34. The van der Waals surface area contributed by atoms with Crippen molar-refractivity contribution in [3.63, 3.8) is 0 Å². The minimum atomic E-state index is 0.721. The molecule has 0 aliphatic carbocycles. The predicted octanol–water partition coefficient (Wildman–Crippen LogP) is 4.95. The number of para-hydroxylation sites is 1. The molecule has 0 radical (unpaired) electrons. The van der Waals surface area contributed by atoms with Crippen LogP contribution in [0, 0.1) is 6.92 Å². The van der Waals surface area contributed by atoms with E-state index in [9.17, 15) is 0 Å². The Morgan fingerprint density at radius 1 is 1.09 bits per heavy atom. The highest BCUT2D eigenvalue weighted by Crippen LogP contribution is 2.32. The van der Waals surface area contributed by atoms with Crippen LogP contribution in [-0.4, -0.2) is 12.3 Å². The second-order valence-electron chi connectivity index (χ2n) is 4.98. The molecule has 0 saturated carbocycles. The van der Waals surface area contributed by atoms with Crippen molar-refractivity contribution in [3.05, 3.63) is 65.9 Å². The number of rotatable bonds is 5. The summed E-state index contributed by atoms with van der Waals surface area (Å²) in [5, 5.41) is 4.15. The molecule has 0 aliphatic heterocycles. The number of benzene rings is 2. The molecule has 0 saturated heterocycles. The molecule has 3 nitrogen and oxygen atoms in total. The van der Waals surface area contributed by atoms with Crippen molar-refractivity contribution in [2.24, 2.45) is 0 Å². The van der Waals surface area contributed by atoms with Gasteiger partial charge in [0.25, 0.3) is 0 Å². The number of methoxy groups -OCH3 is 1. The van der Waals surface area contributed by atoms with Crippen LogP contribution in [0.15, 0.2) is 64.0 Å². The van der Waals surface area contributed by atoms with Gasteiger partial charge in [0.2, 0.25) is 0 Å². The molecule has 0 fully saturated rings. The van der Waals surface area contributed by atoms with Gasteiger partial charge in [0.05, 0.1) is 12.9 Å². The van der Waals surface area contributed by atoms with Gasteiger partial charge < -0.3 is 9.26 Å². The smallest absolute Gasteiger partial charge is 0.147 e. The lowest BCUT2D eigenvalue weighted by atomic mass is 10.1. The Labute approximate surface area is 134 Å². The molecule has 1 heterocycles. The van der Waals surface area contributed by atoms with Crippen LogP contribution in [0.1, 0.15) is 11.3 Å². The first-order chi connectivity index (χ1) is 10.8. The van der Waals surface area contributed by atoms with Gasteiger partial charge in [0.15, 0.2) is 0 Å². The molecule has 0 N–H and O–H groups in total. The van der Waals surface area contributed by atoms with Gasteiger partial charge in [0.1, 0.15) is 17.2 Å². The van der Waals surface area contributed by atoms with E-state index < -0.39 is 0 Å². The second kappa shape index (κ2) is 6.71. The highest BCUT2D eigenvalue weighted by molar-refractivity contribution is 7.98. The molecule has 3 aromatic rings. The van der Waals surface area contributed by atoms with Crippen molar-refractivity contribution in [1.82, 2.24) is 5.16 Å². The van der Waals surface area contributed by atoms with E-state index in [1.807, 2.05) is 30.3 Å². The molecular formula is C18H17NO2S. The molecule has 0 unspecified atom stereocenters. The summed E-state index contributed by atoms with van der Waals surface area (Å²) in [6.07, 6.45) is 0. The maximum atomic E-state index is 5.43. The molecule has 0 aliphatic rings. The van der Waals surface area contributed by atoms with Crippen LogP contribution in [0.25, 0.3) is 11.3 Å². The summed E-state index contributed by atoms with van der Waals surface area (Å²) in [5.74, 6) is 2.46. The number of hydrogen-bond acceptors (Lipinski definition) is 4. The third-order valence-electron chi connectivity index (χ3n) is 3.35. The van der Waals surface area contributed by atoms with Gasteiger partial charge in [-0.1, -0.05) is 47.1 Å². The second-order valence-corrected chi connectivity index (χ2v) is 6.00. The minimum absolute atomic E-state index is 0.721. The van der Waals surface area contributed by atoms with Gasteiger partial charge in [-0.3, -0.25) is 0 Å². The quantitative estimate of drug-likeness (QED) is 0.624. The summed E-state index contributed by atoms with van der Waals surface area (Å²) in [4.78, 5) is 1.10. The zero-order valence-corrected chi connectivity index (χ0v) is 13.4. The average molecular weight is 311 g/mol. The largest absolute Gasteiger partial charge is 0.496 e. The van der Waals surface area contributed by atoms with Crippen LogP contribution < -0.4 is 4.74 Å². The average Bonchev–Trinajstić information content (AvgIpc) is 3.03. The van der Waals surface area contributed by atoms with Crippen molar-refractivity contribution in [3.8, 4) is 17.0 Å². The number of thioether (sulfide) groups is 1. The Morgan fingerprint density at radius 2 is 1.86 bits per heavy atom. The van der Waals surface area contributed by atoms with Crippen molar-refractivity contribution in [2.45, 2.75) is 17.6 Å². The Hall–Kier alpha value is -2.20. The molecular weight excluding hydrogens is 294 g/mol. The van der Waals surface area contributed by atoms with Crippen LogP contribution in [-0.2, 0) is 5.75 Å². The zero-order valence-electron chi connectivity index (χ0n) is 12.6. The highest BCUT2D eigenvalue weighted by Gasteiger charge is 2.09. The van der Waals surface area contributed by atoms with Crippen molar-refractivity contribution < 1.29 is 9.26 Å². The third-order valence-corrected chi connectivity index (χ3v) is 4.42. The van der Waals surface area contributed by atoms with Crippen LogP contribution in [0.4, 0.5) is 0 Å². The molecule has 22 heavy (non-hydrogen) atoms. The lowest BCUT2D eigenvalue weighted by molar-refractivity contribution is 0.396. The lowest BCUT2D eigenvalue weighted by Crippen LogP contribution is -1.85. The summed E-state index contributed by atoms with van der Waals surface area (Å²) < 4.78 is 10.8. The highest BCUT2D eigenvalue weighted by atomic mass is 32.2. The summed E-state index contributed by atoms with van der Waals surface area (Å²) >= 11 is 1.68. The van der Waals surface area contributed by atoms with E-state index in [1.54, 1.807) is 18.9 Å². The number of aromatic nitrogens is 1. The number of hydrogen-bond donors (Lipinski definition) is 0. The SMILES string of the molecule is COc1ccccc1SCc1cc(-c2ccc(C)cc2)no1. The van der Waals surface area contributed by atoms with Crippen LogP contribution in [0.2, 0.25) is 0 Å². The van der Waals surface area contributed by atoms with E-state index in [0.29, 0.717) is 0 Å². The Morgan fingerprint density at radius 3 is 2.64 bits per heavy atom. The normalized spacial score (nSPS) is 10.6. The van der Waals surface area contributed by atoms with E-state index in [1.165, 1.54) is 5.56 Å². The maximum Gasteiger partial charge on any atom is 0.147 e. The topological polar surface area (TPSA) is 35.3 Å². The summed E-state index contributed by atoms with van der Waals surface area (Å²) in [6, 6.07) is 18.2. The fraction of sp³-hybridized carbons (Fsp3) is 0.167. The lowest BCUT2D eigenvalue weighted by Gasteiger charge is -2.05. The first-order valence-electron chi connectivity index (χ1n) is 7.05. The van der Waals surface area contributed by atoms with Crippen LogP contribution >= 0.6 is 11.8 Å². The molecule has 0 atom stereocenters. The van der Waals surface area contributed by atoms with Crippen LogP contribution in [0.5, 0.6) is 5.75 Å². The Bertz CT molecular complexity index is 750. The van der Waals surface area contributed by atoms with Gasteiger partial charge in [0, 0.05) is 16.5 Å². The zero-order chi connectivity index (χ0) is 15.4. The number of ether oxygens (including phenoxy) is 1.